The third-order valence-electron chi connectivity index (χ3n) is 3.39. The fourth-order valence-electron chi connectivity index (χ4n) is 2.33. The second-order valence-electron chi connectivity index (χ2n) is 5.54. The number of carbonyl (C=O) groups is 1. The molecule has 1 heterocycles. The minimum Gasteiger partial charge on any atom is -0.393 e. The number of hydrogen-bond acceptors (Lipinski definition) is 2. The van der Waals surface area contributed by atoms with Crippen molar-refractivity contribution in [2.45, 2.75) is 26.4 Å². The number of rotatable bonds is 6. The molecule has 0 bridgehead atoms. The Morgan fingerprint density at radius 2 is 1.81 bits per heavy atom. The molecule has 4 nitrogen and oxygen atoms in total. The smallest absolute Gasteiger partial charge is 0.251 e. The molecule has 1 aromatic carbocycles. The van der Waals surface area contributed by atoms with Crippen LogP contribution in [0.3, 0.4) is 0 Å². The Morgan fingerprint density at radius 1 is 1.19 bits per heavy atom. The standard InChI is InChI=1S/C17H22N2O2/c1-13(11-14(2)20)12-18-17(21)15-5-7-16(8-6-15)19-9-3-4-10-19/h3-10,13-14,20H,11-12H2,1-2H3,(H,18,21). The van der Waals surface area contributed by atoms with Crippen LogP contribution in [0.2, 0.25) is 0 Å². The van der Waals surface area contributed by atoms with Crippen LogP contribution in [0, 0.1) is 5.92 Å². The summed E-state index contributed by atoms with van der Waals surface area (Å²) in [5.41, 5.74) is 1.68. The summed E-state index contributed by atoms with van der Waals surface area (Å²) in [6, 6.07) is 11.4. The lowest BCUT2D eigenvalue weighted by molar-refractivity contribution is 0.0939. The summed E-state index contributed by atoms with van der Waals surface area (Å²) in [5, 5.41) is 12.2. The van der Waals surface area contributed by atoms with E-state index in [1.54, 1.807) is 6.92 Å². The van der Waals surface area contributed by atoms with Crippen molar-refractivity contribution in [2.75, 3.05) is 6.54 Å². The first-order valence-electron chi connectivity index (χ1n) is 7.26. The summed E-state index contributed by atoms with van der Waals surface area (Å²) in [5.74, 6) is 0.180. The first-order chi connectivity index (χ1) is 10.1. The van der Waals surface area contributed by atoms with Gasteiger partial charge in [0.1, 0.15) is 0 Å². The Kier molecular flexibility index (Phi) is 5.17. The van der Waals surface area contributed by atoms with E-state index < -0.39 is 0 Å². The van der Waals surface area contributed by atoms with Gasteiger partial charge in [-0.3, -0.25) is 4.79 Å². The van der Waals surface area contributed by atoms with E-state index in [1.165, 1.54) is 0 Å². The second-order valence-corrected chi connectivity index (χ2v) is 5.54. The van der Waals surface area contributed by atoms with Crippen molar-refractivity contribution in [3.63, 3.8) is 0 Å². The summed E-state index contributed by atoms with van der Waals surface area (Å²) in [7, 11) is 0. The Balaban J connectivity index is 1.91. The largest absolute Gasteiger partial charge is 0.393 e. The van der Waals surface area contributed by atoms with E-state index in [0.717, 1.165) is 5.69 Å². The monoisotopic (exact) mass is 286 g/mol. The molecule has 2 atom stereocenters. The molecule has 1 amide bonds. The molecule has 2 rings (SSSR count). The fraction of sp³-hybridized carbons (Fsp3) is 0.353. The van der Waals surface area contributed by atoms with Crippen molar-refractivity contribution in [2.24, 2.45) is 5.92 Å². The molecule has 1 aromatic heterocycles. The minimum absolute atomic E-state index is 0.0773. The van der Waals surface area contributed by atoms with E-state index in [2.05, 4.69) is 5.32 Å². The molecule has 0 spiro atoms. The number of benzene rings is 1. The van der Waals surface area contributed by atoms with Gasteiger partial charge in [-0.1, -0.05) is 6.92 Å². The van der Waals surface area contributed by atoms with Crippen LogP contribution in [0.4, 0.5) is 0 Å². The Hall–Kier alpha value is -2.07. The molecular weight excluding hydrogens is 264 g/mol. The van der Waals surface area contributed by atoms with Gasteiger partial charge in [0, 0.05) is 30.2 Å². The predicted molar refractivity (Wildman–Crippen MR) is 83.6 cm³/mol. The zero-order valence-electron chi connectivity index (χ0n) is 12.5. The number of hydrogen-bond donors (Lipinski definition) is 2. The van der Waals surface area contributed by atoms with Crippen molar-refractivity contribution in [1.29, 1.82) is 0 Å². The zero-order valence-corrected chi connectivity index (χ0v) is 12.5. The molecule has 0 aliphatic heterocycles. The van der Waals surface area contributed by atoms with Gasteiger partial charge in [0.15, 0.2) is 0 Å². The summed E-state index contributed by atoms with van der Waals surface area (Å²) < 4.78 is 1.99. The van der Waals surface area contributed by atoms with Gasteiger partial charge in [0.25, 0.3) is 5.91 Å². The maximum absolute atomic E-state index is 12.1. The molecule has 2 N–H and O–H groups in total. The van der Waals surface area contributed by atoms with Crippen molar-refractivity contribution in [1.82, 2.24) is 9.88 Å². The number of amides is 1. The third-order valence-corrected chi connectivity index (χ3v) is 3.39. The molecule has 0 saturated carbocycles. The molecular formula is C17H22N2O2. The normalized spacial score (nSPS) is 13.7. The Bertz CT molecular complexity index is 559. The van der Waals surface area contributed by atoms with Crippen LogP contribution in [-0.4, -0.2) is 28.2 Å². The quantitative estimate of drug-likeness (QED) is 0.857. The zero-order chi connectivity index (χ0) is 15.2. The first kappa shape index (κ1) is 15.3. The van der Waals surface area contributed by atoms with Crippen LogP contribution in [0.1, 0.15) is 30.6 Å². The number of aliphatic hydroxyl groups is 1. The first-order valence-corrected chi connectivity index (χ1v) is 7.26. The molecule has 0 saturated heterocycles. The van der Waals surface area contributed by atoms with Crippen LogP contribution in [-0.2, 0) is 0 Å². The third kappa shape index (κ3) is 4.46. The van der Waals surface area contributed by atoms with Crippen LogP contribution >= 0.6 is 0 Å². The summed E-state index contributed by atoms with van der Waals surface area (Å²) in [6.07, 6.45) is 4.28. The Labute approximate surface area is 125 Å². The van der Waals surface area contributed by atoms with E-state index in [0.29, 0.717) is 18.5 Å². The summed E-state index contributed by atoms with van der Waals surface area (Å²) in [6.45, 7) is 4.35. The fourth-order valence-corrected chi connectivity index (χ4v) is 2.33. The molecule has 112 valence electrons. The highest BCUT2D eigenvalue weighted by molar-refractivity contribution is 5.94. The molecule has 4 heteroatoms. The maximum atomic E-state index is 12.1. The highest BCUT2D eigenvalue weighted by atomic mass is 16.3. The molecule has 0 radical (unpaired) electrons. The van der Waals surface area contributed by atoms with E-state index in [1.807, 2.05) is 60.3 Å². The molecule has 21 heavy (non-hydrogen) atoms. The molecule has 2 unspecified atom stereocenters. The second kappa shape index (κ2) is 7.09. The van der Waals surface area contributed by atoms with Gasteiger partial charge in [-0.25, -0.2) is 0 Å². The number of aromatic nitrogens is 1. The average molecular weight is 286 g/mol. The number of nitrogens with zero attached hydrogens (tertiary/aromatic N) is 1. The van der Waals surface area contributed by atoms with Crippen molar-refractivity contribution in [3.05, 3.63) is 54.4 Å². The van der Waals surface area contributed by atoms with Crippen molar-refractivity contribution < 1.29 is 9.90 Å². The van der Waals surface area contributed by atoms with Crippen LogP contribution in [0.15, 0.2) is 48.8 Å². The molecule has 2 aromatic rings. The number of aliphatic hydroxyl groups excluding tert-OH is 1. The molecule has 0 aliphatic rings. The lowest BCUT2D eigenvalue weighted by atomic mass is 10.0. The van der Waals surface area contributed by atoms with E-state index in [9.17, 15) is 9.90 Å². The minimum atomic E-state index is -0.335. The highest BCUT2D eigenvalue weighted by Gasteiger charge is 2.10. The predicted octanol–water partition coefficient (Wildman–Crippen LogP) is 2.61. The maximum Gasteiger partial charge on any atom is 0.251 e. The van der Waals surface area contributed by atoms with Crippen LogP contribution < -0.4 is 5.32 Å². The van der Waals surface area contributed by atoms with E-state index in [-0.39, 0.29) is 17.9 Å². The van der Waals surface area contributed by atoms with Gasteiger partial charge in [0.2, 0.25) is 0 Å². The highest BCUT2D eigenvalue weighted by Crippen LogP contribution is 2.10. The lowest BCUT2D eigenvalue weighted by Crippen LogP contribution is -2.29. The van der Waals surface area contributed by atoms with Gasteiger partial charge in [-0.05, 0) is 55.7 Å². The Morgan fingerprint density at radius 3 is 2.38 bits per heavy atom. The summed E-state index contributed by atoms with van der Waals surface area (Å²) >= 11 is 0. The average Bonchev–Trinajstić information content (AvgIpc) is 2.98. The van der Waals surface area contributed by atoms with Gasteiger partial charge in [-0.15, -0.1) is 0 Å². The summed E-state index contributed by atoms with van der Waals surface area (Å²) in [4.78, 5) is 12.1. The van der Waals surface area contributed by atoms with E-state index >= 15 is 0 Å². The topological polar surface area (TPSA) is 54.3 Å². The van der Waals surface area contributed by atoms with Gasteiger partial charge in [0.05, 0.1) is 6.10 Å². The molecule has 0 aliphatic carbocycles. The van der Waals surface area contributed by atoms with Crippen LogP contribution in [0.5, 0.6) is 0 Å². The SMILES string of the molecule is CC(O)CC(C)CNC(=O)c1ccc(-n2cccc2)cc1. The van der Waals surface area contributed by atoms with Crippen molar-refractivity contribution >= 4 is 5.91 Å². The number of nitrogens with one attached hydrogen (secondary N) is 1. The van der Waals surface area contributed by atoms with Gasteiger partial charge >= 0.3 is 0 Å². The molecule has 0 fully saturated rings. The van der Waals surface area contributed by atoms with Crippen LogP contribution in [0.25, 0.3) is 5.69 Å². The van der Waals surface area contributed by atoms with Gasteiger partial charge < -0.3 is 15.0 Å². The van der Waals surface area contributed by atoms with E-state index in [4.69, 9.17) is 0 Å². The van der Waals surface area contributed by atoms with Gasteiger partial charge in [-0.2, -0.15) is 0 Å². The number of carbonyl (C=O) groups excluding carboxylic acids is 1. The van der Waals surface area contributed by atoms with Crippen molar-refractivity contribution in [3.8, 4) is 5.69 Å². The lowest BCUT2D eigenvalue weighted by Gasteiger charge is -2.14.